The highest BCUT2D eigenvalue weighted by Gasteiger charge is 2.28. The van der Waals surface area contributed by atoms with Crippen LogP contribution >= 0.6 is 0 Å². The maximum absolute atomic E-state index is 12.0. The predicted octanol–water partition coefficient (Wildman–Crippen LogP) is 0.376. The minimum absolute atomic E-state index is 0.0990. The zero-order valence-corrected chi connectivity index (χ0v) is 10.7. The van der Waals surface area contributed by atoms with Crippen molar-refractivity contribution in [2.24, 2.45) is 0 Å². The summed E-state index contributed by atoms with van der Waals surface area (Å²) < 4.78 is 0. The fourth-order valence-electron chi connectivity index (χ4n) is 1.46. The lowest BCUT2D eigenvalue weighted by molar-refractivity contribution is -0.385. The van der Waals surface area contributed by atoms with E-state index < -0.39 is 29.6 Å². The molecule has 0 saturated heterocycles. The van der Waals surface area contributed by atoms with Gasteiger partial charge in [0, 0.05) is 6.07 Å². The van der Waals surface area contributed by atoms with Crippen LogP contribution in [-0.4, -0.2) is 39.8 Å². The molecule has 3 N–H and O–H groups in total. The number of rotatable bonds is 5. The number of carbonyl (C=O) groups is 1. The number of benzene rings is 1. The van der Waals surface area contributed by atoms with E-state index >= 15 is 0 Å². The van der Waals surface area contributed by atoms with Crippen LogP contribution in [-0.2, 0) is 0 Å². The molecule has 0 aliphatic rings. The van der Waals surface area contributed by atoms with Crippen molar-refractivity contribution < 1.29 is 19.9 Å². The first kappa shape index (κ1) is 15.1. The van der Waals surface area contributed by atoms with Crippen molar-refractivity contribution in [3.05, 3.63) is 39.4 Å². The molecule has 19 heavy (non-hydrogen) atoms. The van der Waals surface area contributed by atoms with Gasteiger partial charge in [-0.1, -0.05) is 6.07 Å². The zero-order chi connectivity index (χ0) is 14.6. The summed E-state index contributed by atoms with van der Waals surface area (Å²) in [5.74, 6) is -0.707. The molecule has 104 valence electrons. The van der Waals surface area contributed by atoms with Gasteiger partial charge < -0.3 is 15.5 Å². The maximum Gasteiger partial charge on any atom is 0.282 e. The molecular weight excluding hydrogens is 252 g/mol. The minimum atomic E-state index is -1.23. The van der Waals surface area contributed by atoms with Gasteiger partial charge >= 0.3 is 0 Å². The van der Waals surface area contributed by atoms with Crippen LogP contribution in [0.4, 0.5) is 5.69 Å². The van der Waals surface area contributed by atoms with E-state index in [0.717, 1.165) is 0 Å². The van der Waals surface area contributed by atoms with Crippen LogP contribution in [0, 0.1) is 17.0 Å². The van der Waals surface area contributed by atoms with Crippen LogP contribution in [0.2, 0.25) is 0 Å². The van der Waals surface area contributed by atoms with Crippen molar-refractivity contribution in [2.45, 2.75) is 19.4 Å². The van der Waals surface area contributed by atoms with Crippen molar-refractivity contribution in [3.63, 3.8) is 0 Å². The monoisotopic (exact) mass is 268 g/mol. The predicted molar refractivity (Wildman–Crippen MR) is 67.9 cm³/mol. The molecule has 0 bridgehead atoms. The second-order valence-corrected chi connectivity index (χ2v) is 4.61. The largest absolute Gasteiger partial charge is 0.394 e. The minimum Gasteiger partial charge on any atom is -0.394 e. The van der Waals surface area contributed by atoms with Gasteiger partial charge in [0.05, 0.1) is 23.7 Å². The number of hydrogen-bond acceptors (Lipinski definition) is 5. The van der Waals surface area contributed by atoms with Crippen molar-refractivity contribution in [3.8, 4) is 0 Å². The quantitative estimate of drug-likeness (QED) is 0.527. The molecule has 0 radical (unpaired) electrons. The molecule has 0 heterocycles. The van der Waals surface area contributed by atoms with Crippen LogP contribution in [0.1, 0.15) is 22.8 Å². The number of nitrogens with zero attached hydrogens (tertiary/aromatic N) is 1. The molecule has 0 aliphatic heterocycles. The highest BCUT2D eigenvalue weighted by Crippen LogP contribution is 2.20. The van der Waals surface area contributed by atoms with Gasteiger partial charge in [0.1, 0.15) is 5.56 Å². The molecule has 1 rings (SSSR count). The summed E-state index contributed by atoms with van der Waals surface area (Å²) in [6, 6.07) is 4.17. The maximum atomic E-state index is 12.0. The number of nitro benzene ring substituents is 1. The normalized spacial score (nSPS) is 11.2. The number of carbonyl (C=O) groups excluding carboxylic acids is 1. The number of aliphatic hydroxyl groups excluding tert-OH is 2. The van der Waals surface area contributed by atoms with E-state index in [1.807, 2.05) is 0 Å². The summed E-state index contributed by atoms with van der Waals surface area (Å²) in [5, 5.41) is 31.5. The number of nitrogens with one attached hydrogen (secondary N) is 1. The van der Waals surface area contributed by atoms with Crippen LogP contribution in [0.5, 0.6) is 0 Å². The Kier molecular flexibility index (Phi) is 4.57. The highest BCUT2D eigenvalue weighted by molar-refractivity contribution is 5.98. The molecule has 0 fully saturated rings. The van der Waals surface area contributed by atoms with Gasteiger partial charge in [-0.05, 0) is 25.5 Å². The summed E-state index contributed by atoms with van der Waals surface area (Å²) in [4.78, 5) is 22.2. The number of amides is 1. The van der Waals surface area contributed by atoms with E-state index in [1.54, 1.807) is 6.92 Å². The van der Waals surface area contributed by atoms with Crippen molar-refractivity contribution in [1.29, 1.82) is 0 Å². The summed E-state index contributed by atoms with van der Waals surface area (Å²) in [7, 11) is 0. The van der Waals surface area contributed by atoms with E-state index in [0.29, 0.717) is 5.56 Å². The first-order valence-electron chi connectivity index (χ1n) is 5.62. The van der Waals surface area contributed by atoms with Gasteiger partial charge in [-0.2, -0.15) is 0 Å². The molecule has 0 spiro atoms. The SMILES string of the molecule is Cc1ccc([N+](=O)[O-])c(C(=O)NC(C)(CO)CO)c1. The molecular formula is C12H16N2O5. The Balaban J connectivity index is 3.12. The number of nitro groups is 1. The van der Waals surface area contributed by atoms with Crippen LogP contribution < -0.4 is 5.32 Å². The van der Waals surface area contributed by atoms with Gasteiger partial charge in [-0.3, -0.25) is 14.9 Å². The number of aliphatic hydroxyl groups is 2. The molecule has 0 aliphatic carbocycles. The average molecular weight is 268 g/mol. The van der Waals surface area contributed by atoms with Gasteiger partial charge in [0.25, 0.3) is 11.6 Å². The molecule has 1 aromatic rings. The van der Waals surface area contributed by atoms with E-state index in [9.17, 15) is 14.9 Å². The first-order valence-corrected chi connectivity index (χ1v) is 5.62. The standard InChI is InChI=1S/C12H16N2O5/c1-8-3-4-10(14(18)19)9(5-8)11(17)13-12(2,6-15)7-16/h3-5,15-16H,6-7H2,1-2H3,(H,13,17). The van der Waals surface area contributed by atoms with E-state index in [1.165, 1.54) is 25.1 Å². The molecule has 0 saturated carbocycles. The molecule has 7 heteroatoms. The third-order valence-electron chi connectivity index (χ3n) is 2.71. The van der Waals surface area contributed by atoms with Gasteiger partial charge in [-0.25, -0.2) is 0 Å². The van der Waals surface area contributed by atoms with Crippen molar-refractivity contribution in [1.82, 2.24) is 5.32 Å². The Morgan fingerprint density at radius 2 is 2.00 bits per heavy atom. The lowest BCUT2D eigenvalue weighted by Gasteiger charge is -2.26. The van der Waals surface area contributed by atoms with Gasteiger partial charge in [-0.15, -0.1) is 0 Å². The first-order chi connectivity index (χ1) is 8.83. The molecule has 0 aromatic heterocycles. The van der Waals surface area contributed by atoms with Gasteiger partial charge in [0.15, 0.2) is 0 Å². The van der Waals surface area contributed by atoms with Gasteiger partial charge in [0.2, 0.25) is 0 Å². The second-order valence-electron chi connectivity index (χ2n) is 4.61. The lowest BCUT2D eigenvalue weighted by Crippen LogP contribution is -2.51. The average Bonchev–Trinajstić information content (AvgIpc) is 2.38. The number of hydrogen-bond donors (Lipinski definition) is 3. The van der Waals surface area contributed by atoms with Crippen molar-refractivity contribution in [2.75, 3.05) is 13.2 Å². The summed E-state index contributed by atoms with van der Waals surface area (Å²) in [6.45, 7) is 2.19. The zero-order valence-electron chi connectivity index (χ0n) is 10.7. The fraction of sp³-hybridized carbons (Fsp3) is 0.417. The molecule has 7 nitrogen and oxygen atoms in total. The number of aryl methyl sites for hydroxylation is 1. The molecule has 0 atom stereocenters. The summed E-state index contributed by atoms with van der Waals surface area (Å²) in [6.07, 6.45) is 0. The van der Waals surface area contributed by atoms with E-state index in [4.69, 9.17) is 10.2 Å². The van der Waals surface area contributed by atoms with Crippen LogP contribution in [0.3, 0.4) is 0 Å². The lowest BCUT2D eigenvalue weighted by atomic mass is 10.0. The van der Waals surface area contributed by atoms with E-state index in [-0.39, 0.29) is 11.3 Å². The summed E-state index contributed by atoms with van der Waals surface area (Å²) in [5.41, 5.74) is -0.945. The second kappa shape index (κ2) is 5.77. The third kappa shape index (κ3) is 3.49. The smallest absolute Gasteiger partial charge is 0.282 e. The molecule has 0 unspecified atom stereocenters. The van der Waals surface area contributed by atoms with E-state index in [2.05, 4.69) is 5.32 Å². The van der Waals surface area contributed by atoms with Crippen molar-refractivity contribution >= 4 is 11.6 Å². The Hall–Kier alpha value is -1.99. The summed E-state index contributed by atoms with van der Waals surface area (Å²) >= 11 is 0. The molecule has 1 aromatic carbocycles. The Labute approximate surface area is 110 Å². The fourth-order valence-corrected chi connectivity index (χ4v) is 1.46. The Morgan fingerprint density at radius 1 is 1.42 bits per heavy atom. The Bertz CT molecular complexity index is 497. The van der Waals surface area contributed by atoms with Crippen LogP contribution in [0.15, 0.2) is 18.2 Å². The highest BCUT2D eigenvalue weighted by atomic mass is 16.6. The topological polar surface area (TPSA) is 113 Å². The van der Waals surface area contributed by atoms with Crippen LogP contribution in [0.25, 0.3) is 0 Å². The molecule has 1 amide bonds. The third-order valence-corrected chi connectivity index (χ3v) is 2.71. The Morgan fingerprint density at radius 3 is 2.47 bits per heavy atom.